The first-order chi connectivity index (χ1) is 10.0. The molecule has 128 valence electrons. The summed E-state index contributed by atoms with van der Waals surface area (Å²) in [6.07, 6.45) is 4.44. The van der Waals surface area contributed by atoms with Gasteiger partial charge in [0, 0.05) is 5.92 Å². The maximum atomic E-state index is 7.18. The lowest BCUT2D eigenvalue weighted by Gasteiger charge is -2.49. The minimum atomic E-state index is -1.86. The predicted molar refractivity (Wildman–Crippen MR) is 102 cm³/mol. The van der Waals surface area contributed by atoms with Crippen LogP contribution in [0.5, 0.6) is 0 Å². The van der Waals surface area contributed by atoms with Gasteiger partial charge in [0.2, 0.25) is 8.32 Å². The van der Waals surface area contributed by atoms with Gasteiger partial charge >= 0.3 is 0 Å². The van der Waals surface area contributed by atoms with Crippen LogP contribution in [0.3, 0.4) is 0 Å². The second kappa shape index (κ2) is 7.05. The van der Waals surface area contributed by atoms with Crippen molar-refractivity contribution in [2.24, 2.45) is 11.8 Å². The molecule has 1 nitrogen and oxygen atoms in total. The Morgan fingerprint density at radius 2 is 1.59 bits per heavy atom. The van der Waals surface area contributed by atoms with Crippen molar-refractivity contribution in [3.8, 4) is 0 Å². The molecule has 0 bridgehead atoms. The molecule has 0 heterocycles. The Morgan fingerprint density at radius 1 is 1.14 bits per heavy atom. The molecule has 0 aromatic heterocycles. The quantitative estimate of drug-likeness (QED) is 0.373. The SMILES string of the molecule is C=C[C@H]1[C@@H](C(=C)C)CC[C@]1(C)O[Si](C(C)C)(C(C)C)C(C)C. The van der Waals surface area contributed by atoms with Crippen LogP contribution in [0.15, 0.2) is 24.8 Å². The largest absolute Gasteiger partial charge is 0.410 e. The van der Waals surface area contributed by atoms with Crippen molar-refractivity contribution in [2.75, 3.05) is 0 Å². The summed E-state index contributed by atoms with van der Waals surface area (Å²) in [5, 5.41) is 0. The van der Waals surface area contributed by atoms with E-state index in [1.807, 2.05) is 0 Å². The first-order valence-corrected chi connectivity index (χ1v) is 11.1. The van der Waals surface area contributed by atoms with Gasteiger partial charge in [-0.15, -0.1) is 6.58 Å². The van der Waals surface area contributed by atoms with Gasteiger partial charge in [0.05, 0.1) is 5.60 Å². The molecule has 0 aromatic rings. The summed E-state index contributed by atoms with van der Waals surface area (Å²) in [5.41, 5.74) is 3.08. The van der Waals surface area contributed by atoms with E-state index in [0.29, 0.717) is 28.5 Å². The van der Waals surface area contributed by atoms with Crippen LogP contribution >= 0.6 is 0 Å². The number of hydrogen-bond donors (Lipinski definition) is 0. The van der Waals surface area contributed by atoms with E-state index < -0.39 is 8.32 Å². The Hall–Kier alpha value is -0.343. The van der Waals surface area contributed by atoms with Crippen LogP contribution in [0, 0.1) is 11.8 Å². The van der Waals surface area contributed by atoms with Crippen molar-refractivity contribution in [3.05, 3.63) is 24.8 Å². The van der Waals surface area contributed by atoms with Crippen LogP contribution < -0.4 is 0 Å². The smallest absolute Gasteiger partial charge is 0.201 e. The molecule has 0 aromatic carbocycles. The van der Waals surface area contributed by atoms with Crippen molar-refractivity contribution >= 4 is 8.32 Å². The second-order valence-electron chi connectivity index (χ2n) is 8.49. The lowest BCUT2D eigenvalue weighted by Crippen LogP contribution is -2.55. The molecule has 1 saturated carbocycles. The van der Waals surface area contributed by atoms with Crippen molar-refractivity contribution in [2.45, 2.75) is 90.5 Å². The van der Waals surface area contributed by atoms with Gasteiger partial charge in [-0.2, -0.15) is 0 Å². The fourth-order valence-electron chi connectivity index (χ4n) is 5.06. The van der Waals surface area contributed by atoms with E-state index in [4.69, 9.17) is 4.43 Å². The van der Waals surface area contributed by atoms with Crippen molar-refractivity contribution < 1.29 is 4.43 Å². The van der Waals surface area contributed by atoms with Gasteiger partial charge in [-0.25, -0.2) is 0 Å². The predicted octanol–water partition coefficient (Wildman–Crippen LogP) is 6.73. The normalized spacial score (nSPS) is 29.6. The molecule has 3 atom stereocenters. The molecule has 0 spiro atoms. The van der Waals surface area contributed by atoms with Crippen LogP contribution in [0.4, 0.5) is 0 Å². The summed E-state index contributed by atoms with van der Waals surface area (Å²) >= 11 is 0. The van der Waals surface area contributed by atoms with Crippen LogP contribution in [-0.4, -0.2) is 13.9 Å². The van der Waals surface area contributed by atoms with E-state index in [0.717, 1.165) is 6.42 Å². The summed E-state index contributed by atoms with van der Waals surface area (Å²) < 4.78 is 7.18. The summed E-state index contributed by atoms with van der Waals surface area (Å²) in [4.78, 5) is 0. The highest BCUT2D eigenvalue weighted by molar-refractivity contribution is 6.77. The van der Waals surface area contributed by atoms with E-state index in [9.17, 15) is 0 Å². The zero-order chi connectivity index (χ0) is 17.3. The summed E-state index contributed by atoms with van der Waals surface area (Å²) in [6.45, 7) is 27.0. The minimum Gasteiger partial charge on any atom is -0.410 e. The van der Waals surface area contributed by atoms with E-state index in [1.54, 1.807) is 0 Å². The molecule has 0 amide bonds. The highest BCUT2D eigenvalue weighted by Crippen LogP contribution is 2.52. The molecule has 0 saturated heterocycles. The number of allylic oxidation sites excluding steroid dienone is 1. The zero-order valence-electron chi connectivity index (χ0n) is 16.2. The molecule has 1 aliphatic rings. The summed E-state index contributed by atoms with van der Waals surface area (Å²) in [6, 6.07) is 0. The standard InChI is InChI=1S/C20H38OSi/c1-11-19-18(14(2)3)12-13-20(19,10)21-22(15(4)5,16(6)7)17(8)9/h11,15-19H,1-2,12-13H2,3-10H3/t18-,19+,20+/m1/s1. The lowest BCUT2D eigenvalue weighted by molar-refractivity contribution is 0.0410. The second-order valence-corrected chi connectivity index (χ2v) is 13.9. The fourth-order valence-corrected chi connectivity index (χ4v) is 10.8. The van der Waals surface area contributed by atoms with Crippen LogP contribution in [0.2, 0.25) is 16.6 Å². The van der Waals surface area contributed by atoms with Gasteiger partial charge < -0.3 is 4.43 Å². The monoisotopic (exact) mass is 322 g/mol. The maximum Gasteiger partial charge on any atom is 0.201 e. The number of rotatable bonds is 7. The maximum absolute atomic E-state index is 7.18. The fraction of sp³-hybridized carbons (Fsp3) is 0.800. The average Bonchev–Trinajstić information content (AvgIpc) is 2.71. The molecule has 22 heavy (non-hydrogen) atoms. The molecule has 0 N–H and O–H groups in total. The highest BCUT2D eigenvalue weighted by atomic mass is 28.4. The average molecular weight is 323 g/mol. The van der Waals surface area contributed by atoms with Crippen molar-refractivity contribution in [1.29, 1.82) is 0 Å². The topological polar surface area (TPSA) is 9.23 Å². The first-order valence-electron chi connectivity index (χ1n) is 9.01. The Kier molecular flexibility index (Phi) is 6.31. The van der Waals surface area contributed by atoms with Gasteiger partial charge in [0.25, 0.3) is 0 Å². The van der Waals surface area contributed by atoms with E-state index in [-0.39, 0.29) is 5.60 Å². The van der Waals surface area contributed by atoms with Gasteiger partial charge in [0.15, 0.2) is 0 Å². The molecule has 0 unspecified atom stereocenters. The highest BCUT2D eigenvalue weighted by Gasteiger charge is 2.53. The van der Waals surface area contributed by atoms with Gasteiger partial charge in [0.1, 0.15) is 0 Å². The van der Waals surface area contributed by atoms with Crippen molar-refractivity contribution in [3.63, 3.8) is 0 Å². The Labute approximate surface area is 140 Å². The van der Waals surface area contributed by atoms with E-state index in [1.165, 1.54) is 12.0 Å². The van der Waals surface area contributed by atoms with Gasteiger partial charge in [-0.05, 0) is 49.2 Å². The van der Waals surface area contributed by atoms with Crippen LogP contribution in [-0.2, 0) is 4.43 Å². The Balaban J connectivity index is 3.22. The molecule has 0 radical (unpaired) electrons. The van der Waals surface area contributed by atoms with E-state index in [2.05, 4.69) is 74.6 Å². The third-order valence-corrected chi connectivity index (χ3v) is 12.3. The molecular weight excluding hydrogens is 284 g/mol. The first kappa shape index (κ1) is 19.7. The Bertz CT molecular complexity index is 388. The third-order valence-electron chi connectivity index (χ3n) is 6.09. The van der Waals surface area contributed by atoms with E-state index >= 15 is 0 Å². The third kappa shape index (κ3) is 3.28. The molecular formula is C20H38OSi. The van der Waals surface area contributed by atoms with Crippen LogP contribution in [0.1, 0.15) is 68.2 Å². The molecule has 2 heteroatoms. The zero-order valence-corrected chi connectivity index (χ0v) is 17.2. The molecule has 1 fully saturated rings. The molecule has 1 rings (SSSR count). The molecule has 0 aliphatic heterocycles. The van der Waals surface area contributed by atoms with Crippen LogP contribution in [0.25, 0.3) is 0 Å². The number of hydrogen-bond acceptors (Lipinski definition) is 1. The van der Waals surface area contributed by atoms with Gasteiger partial charge in [-0.1, -0.05) is 59.8 Å². The summed E-state index contributed by atoms with van der Waals surface area (Å²) in [5.74, 6) is 0.925. The van der Waals surface area contributed by atoms with Gasteiger partial charge in [-0.3, -0.25) is 0 Å². The van der Waals surface area contributed by atoms with Crippen molar-refractivity contribution in [1.82, 2.24) is 0 Å². The Morgan fingerprint density at radius 3 is 1.91 bits per heavy atom. The minimum absolute atomic E-state index is 0.0730. The summed E-state index contributed by atoms with van der Waals surface area (Å²) in [7, 11) is -1.86. The lowest BCUT2D eigenvalue weighted by atomic mass is 9.84. The molecule has 1 aliphatic carbocycles.